The lowest BCUT2D eigenvalue weighted by molar-refractivity contribution is -0.115. The van der Waals surface area contributed by atoms with E-state index >= 15 is 0 Å². The van der Waals surface area contributed by atoms with Crippen molar-refractivity contribution in [3.63, 3.8) is 0 Å². The first-order valence-electron chi connectivity index (χ1n) is 9.46. The van der Waals surface area contributed by atoms with E-state index in [1.807, 2.05) is 35.8 Å². The van der Waals surface area contributed by atoms with Crippen molar-refractivity contribution in [3.05, 3.63) is 60.2 Å². The number of hydrogen-bond donors (Lipinski definition) is 1. The number of amides is 1. The van der Waals surface area contributed by atoms with Crippen molar-refractivity contribution in [2.75, 3.05) is 24.8 Å². The van der Waals surface area contributed by atoms with Crippen molar-refractivity contribution in [1.82, 2.24) is 14.8 Å². The van der Waals surface area contributed by atoms with Crippen LogP contribution in [0.15, 0.2) is 53.7 Å². The summed E-state index contributed by atoms with van der Waals surface area (Å²) in [5.41, 5.74) is 0.534. The molecule has 1 aromatic heterocycles. The Bertz CT molecular complexity index is 979. The third-order valence-electron chi connectivity index (χ3n) is 4.20. The summed E-state index contributed by atoms with van der Waals surface area (Å²) in [6.45, 7) is 3.09. The number of rotatable bonds is 10. The van der Waals surface area contributed by atoms with Crippen molar-refractivity contribution >= 4 is 23.4 Å². The number of halogens is 1. The van der Waals surface area contributed by atoms with Crippen molar-refractivity contribution in [2.45, 2.75) is 25.0 Å². The Labute approximate surface area is 178 Å². The van der Waals surface area contributed by atoms with E-state index in [9.17, 15) is 9.18 Å². The van der Waals surface area contributed by atoms with E-state index in [2.05, 4.69) is 15.5 Å². The minimum Gasteiger partial charge on any atom is -0.493 e. The van der Waals surface area contributed by atoms with Crippen molar-refractivity contribution < 1.29 is 18.7 Å². The summed E-state index contributed by atoms with van der Waals surface area (Å²) in [4.78, 5) is 12.3. The van der Waals surface area contributed by atoms with Crippen LogP contribution >= 0.6 is 11.8 Å². The molecule has 1 amide bonds. The molecule has 0 spiro atoms. The molecule has 0 saturated heterocycles. The standard InChI is InChI=1S/C21H23FN4O3S/c1-3-26-19(14-20(27)23-16-10-8-15(22)9-11-16)24-25-21(26)30-13-12-29-18-7-5-4-6-17(18)28-2/h4-11H,3,12-14H2,1-2H3,(H,23,27). The maximum atomic E-state index is 13.0. The molecule has 0 fully saturated rings. The fourth-order valence-corrected chi connectivity index (χ4v) is 3.62. The molecule has 0 unspecified atom stereocenters. The number of thioether (sulfide) groups is 1. The minimum absolute atomic E-state index is 0.0799. The van der Waals surface area contributed by atoms with Gasteiger partial charge in [0.05, 0.1) is 20.1 Å². The van der Waals surface area contributed by atoms with E-state index in [0.29, 0.717) is 41.9 Å². The van der Waals surface area contributed by atoms with Crippen LogP contribution in [0.4, 0.5) is 10.1 Å². The highest BCUT2D eigenvalue weighted by atomic mass is 32.2. The van der Waals surface area contributed by atoms with Crippen LogP contribution in [0.3, 0.4) is 0 Å². The zero-order valence-electron chi connectivity index (χ0n) is 16.8. The quantitative estimate of drug-likeness (QED) is 0.389. The molecule has 1 N–H and O–H groups in total. The lowest BCUT2D eigenvalue weighted by atomic mass is 10.3. The van der Waals surface area contributed by atoms with Crippen LogP contribution in [0.5, 0.6) is 11.5 Å². The van der Waals surface area contributed by atoms with Gasteiger partial charge in [-0.3, -0.25) is 4.79 Å². The van der Waals surface area contributed by atoms with Gasteiger partial charge in [-0.25, -0.2) is 4.39 Å². The summed E-state index contributed by atoms with van der Waals surface area (Å²) in [6.07, 6.45) is 0.0799. The lowest BCUT2D eigenvalue weighted by Gasteiger charge is -2.10. The molecule has 0 bridgehead atoms. The molecule has 158 valence electrons. The Kier molecular flexibility index (Phi) is 7.67. The topological polar surface area (TPSA) is 78.3 Å². The number of hydrogen-bond acceptors (Lipinski definition) is 6. The van der Waals surface area contributed by atoms with Crippen LogP contribution in [0.2, 0.25) is 0 Å². The Morgan fingerprint density at radius 1 is 1.13 bits per heavy atom. The van der Waals surface area contributed by atoms with Gasteiger partial charge in [-0.2, -0.15) is 0 Å². The first-order valence-corrected chi connectivity index (χ1v) is 10.5. The molecule has 3 aromatic rings. The van der Waals surface area contributed by atoms with Gasteiger partial charge in [-0.05, 0) is 43.3 Å². The first kappa shape index (κ1) is 21.6. The molecule has 9 heteroatoms. The monoisotopic (exact) mass is 430 g/mol. The number of benzene rings is 2. The predicted octanol–water partition coefficient (Wildman–Crippen LogP) is 3.80. The number of anilines is 1. The highest BCUT2D eigenvalue weighted by molar-refractivity contribution is 7.99. The summed E-state index contributed by atoms with van der Waals surface area (Å²) in [5.74, 6) is 2.03. The van der Waals surface area contributed by atoms with Gasteiger partial charge in [-0.1, -0.05) is 23.9 Å². The Morgan fingerprint density at radius 3 is 2.57 bits per heavy atom. The van der Waals surface area contributed by atoms with Gasteiger partial charge in [-0.15, -0.1) is 10.2 Å². The van der Waals surface area contributed by atoms with Gasteiger partial charge in [0.1, 0.15) is 11.6 Å². The van der Waals surface area contributed by atoms with Gasteiger partial charge in [0, 0.05) is 18.0 Å². The highest BCUT2D eigenvalue weighted by Crippen LogP contribution is 2.26. The number of carbonyl (C=O) groups excluding carboxylic acids is 1. The van der Waals surface area contributed by atoms with Crippen molar-refractivity contribution in [3.8, 4) is 11.5 Å². The summed E-state index contributed by atoms with van der Waals surface area (Å²) in [6, 6.07) is 13.1. The number of nitrogens with zero attached hydrogens (tertiary/aromatic N) is 3. The number of carbonyl (C=O) groups is 1. The molecule has 0 saturated carbocycles. The minimum atomic E-state index is -0.352. The molecular weight excluding hydrogens is 407 g/mol. The second kappa shape index (κ2) is 10.6. The normalized spacial score (nSPS) is 10.6. The SMILES string of the molecule is CCn1c(CC(=O)Nc2ccc(F)cc2)nnc1SCCOc1ccccc1OC. The predicted molar refractivity (Wildman–Crippen MR) is 114 cm³/mol. The lowest BCUT2D eigenvalue weighted by Crippen LogP contribution is -2.17. The van der Waals surface area contributed by atoms with E-state index < -0.39 is 0 Å². The summed E-state index contributed by atoms with van der Waals surface area (Å²) in [7, 11) is 1.61. The maximum Gasteiger partial charge on any atom is 0.232 e. The van der Waals surface area contributed by atoms with Crippen molar-refractivity contribution in [1.29, 1.82) is 0 Å². The molecule has 3 rings (SSSR count). The smallest absolute Gasteiger partial charge is 0.232 e. The van der Waals surface area contributed by atoms with Crippen LogP contribution in [-0.4, -0.2) is 40.1 Å². The zero-order valence-corrected chi connectivity index (χ0v) is 17.6. The molecule has 0 aliphatic carbocycles. The Hall–Kier alpha value is -3.07. The van der Waals surface area contributed by atoms with Gasteiger partial charge in [0.15, 0.2) is 16.7 Å². The molecule has 0 radical (unpaired) electrons. The second-order valence-corrected chi connectivity index (χ2v) is 7.28. The Balaban J connectivity index is 1.53. The van der Waals surface area contributed by atoms with Gasteiger partial charge >= 0.3 is 0 Å². The number of methoxy groups -OCH3 is 1. The molecule has 0 aliphatic heterocycles. The van der Waals surface area contributed by atoms with E-state index in [0.717, 1.165) is 5.16 Å². The third-order valence-corrected chi connectivity index (χ3v) is 5.13. The number of para-hydroxylation sites is 2. The molecular formula is C21H23FN4O3S. The van der Waals surface area contributed by atoms with Crippen LogP contribution in [0.25, 0.3) is 0 Å². The van der Waals surface area contributed by atoms with Gasteiger partial charge in [0.25, 0.3) is 0 Å². The van der Waals surface area contributed by atoms with Crippen LogP contribution < -0.4 is 14.8 Å². The highest BCUT2D eigenvalue weighted by Gasteiger charge is 2.15. The zero-order chi connectivity index (χ0) is 21.3. The number of ether oxygens (including phenoxy) is 2. The van der Waals surface area contributed by atoms with E-state index in [1.54, 1.807) is 7.11 Å². The molecule has 0 atom stereocenters. The van der Waals surface area contributed by atoms with E-state index in [1.165, 1.54) is 36.0 Å². The van der Waals surface area contributed by atoms with Crippen molar-refractivity contribution in [2.24, 2.45) is 0 Å². The summed E-state index contributed by atoms with van der Waals surface area (Å²) < 4.78 is 25.9. The molecule has 30 heavy (non-hydrogen) atoms. The number of nitrogens with one attached hydrogen (secondary N) is 1. The average Bonchev–Trinajstić information content (AvgIpc) is 3.14. The van der Waals surface area contributed by atoms with Crippen LogP contribution in [0.1, 0.15) is 12.7 Å². The van der Waals surface area contributed by atoms with Crippen LogP contribution in [-0.2, 0) is 17.8 Å². The Morgan fingerprint density at radius 2 is 1.87 bits per heavy atom. The maximum absolute atomic E-state index is 13.0. The summed E-state index contributed by atoms with van der Waals surface area (Å²) in [5, 5.41) is 11.8. The largest absolute Gasteiger partial charge is 0.493 e. The fraction of sp³-hybridized carbons (Fsp3) is 0.286. The average molecular weight is 431 g/mol. The van der Waals surface area contributed by atoms with E-state index in [4.69, 9.17) is 9.47 Å². The molecule has 2 aromatic carbocycles. The molecule has 1 heterocycles. The van der Waals surface area contributed by atoms with Gasteiger partial charge < -0.3 is 19.4 Å². The second-order valence-electron chi connectivity index (χ2n) is 6.22. The summed E-state index contributed by atoms with van der Waals surface area (Å²) >= 11 is 1.51. The molecule has 0 aliphatic rings. The first-order chi connectivity index (χ1) is 14.6. The van der Waals surface area contributed by atoms with E-state index in [-0.39, 0.29) is 18.1 Å². The van der Waals surface area contributed by atoms with Gasteiger partial charge in [0.2, 0.25) is 5.91 Å². The fourth-order valence-electron chi connectivity index (χ4n) is 2.78. The number of aromatic nitrogens is 3. The van der Waals surface area contributed by atoms with Crippen LogP contribution in [0, 0.1) is 5.82 Å². The third kappa shape index (κ3) is 5.73. The molecule has 7 nitrogen and oxygen atoms in total.